The maximum absolute atomic E-state index is 14.0. The lowest BCUT2D eigenvalue weighted by Gasteiger charge is -2.58. The standard InChI is InChI=1S/C42H52N4O4/c1-7-23-19-46-36-18-30-40-29(39(50-6)13-12-34(40)45(5)42(30)38(46)15-26(23)31(36)20-47)14-25(22(2)49)27-16-37-41-28(17-35(43(37)3)32(27)21-48)24-10-8-9-11-33(24)44(41)4/h7-13,25-27,31-32,35-38,47-48H,14-21H2,1-6H3/b23-7-/t25-,26-,27-,31+,32+,35-,36-,37-,38-/m0/s1. The molecule has 2 aromatic heterocycles. The number of hydrogen-bond acceptors (Lipinski definition) is 6. The third-order valence-corrected chi connectivity index (χ3v) is 14.5. The van der Waals surface area contributed by atoms with Crippen LogP contribution in [-0.4, -0.2) is 80.9 Å². The van der Waals surface area contributed by atoms with Gasteiger partial charge in [0.25, 0.3) is 0 Å². The number of likely N-dealkylation sites (N-methyl/N-ethyl adjacent to an activating group) is 1. The monoisotopic (exact) mass is 676 g/mol. The van der Waals surface area contributed by atoms with Gasteiger partial charge in [-0.2, -0.15) is 0 Å². The lowest BCUT2D eigenvalue weighted by Crippen LogP contribution is -2.61. The Morgan fingerprint density at radius 3 is 2.36 bits per heavy atom. The number of allylic oxidation sites excluding steroid dienone is 1. The third-order valence-electron chi connectivity index (χ3n) is 14.5. The minimum absolute atomic E-state index is 0.0130. The van der Waals surface area contributed by atoms with Crippen LogP contribution < -0.4 is 4.74 Å². The summed E-state index contributed by atoms with van der Waals surface area (Å²) in [7, 11) is 8.37. The molecule has 0 spiro atoms. The van der Waals surface area contributed by atoms with Crippen molar-refractivity contribution >= 4 is 27.6 Å². The molecule has 4 fully saturated rings. The molecule has 8 heteroatoms. The average Bonchev–Trinajstić information content (AvgIpc) is 3.56. The van der Waals surface area contributed by atoms with Gasteiger partial charge in [0.15, 0.2) is 0 Å². The summed E-state index contributed by atoms with van der Waals surface area (Å²) in [6.45, 7) is 5.17. The maximum Gasteiger partial charge on any atom is 0.133 e. The van der Waals surface area contributed by atoms with Gasteiger partial charge in [0.05, 0.1) is 19.2 Å². The number of piperidine rings is 4. The number of methoxy groups -OCH3 is 1. The molecule has 10 atom stereocenters. The number of carbonyl (C=O) groups excluding carboxylic acids is 1. The van der Waals surface area contributed by atoms with Crippen molar-refractivity contribution in [1.29, 1.82) is 0 Å². The number of aliphatic hydroxyl groups is 2. The van der Waals surface area contributed by atoms with Crippen LogP contribution in [0.4, 0.5) is 0 Å². The Kier molecular flexibility index (Phi) is 7.67. The average molecular weight is 677 g/mol. The maximum atomic E-state index is 14.0. The van der Waals surface area contributed by atoms with Crippen molar-refractivity contribution in [3.63, 3.8) is 0 Å². The molecule has 6 aliphatic heterocycles. The van der Waals surface area contributed by atoms with Gasteiger partial charge in [-0.05, 0) is 94.2 Å². The highest BCUT2D eigenvalue weighted by Gasteiger charge is 2.54. The molecule has 0 aliphatic carbocycles. The first-order valence-corrected chi connectivity index (χ1v) is 18.8. The summed E-state index contributed by atoms with van der Waals surface area (Å²) in [6.07, 6.45) is 6.51. The molecule has 2 N–H and O–H groups in total. The second-order valence-electron chi connectivity index (χ2n) is 16.1. The van der Waals surface area contributed by atoms with Crippen LogP contribution in [0.3, 0.4) is 0 Å². The predicted molar refractivity (Wildman–Crippen MR) is 196 cm³/mol. The minimum atomic E-state index is -0.247. The molecule has 0 amide bonds. The Balaban J connectivity index is 1.15. The highest BCUT2D eigenvalue weighted by Crippen LogP contribution is 2.56. The van der Waals surface area contributed by atoms with Gasteiger partial charge in [0.2, 0.25) is 0 Å². The lowest BCUT2D eigenvalue weighted by atomic mass is 9.63. The van der Waals surface area contributed by atoms with E-state index < -0.39 is 0 Å². The number of para-hydroxylation sites is 1. The summed E-state index contributed by atoms with van der Waals surface area (Å²) in [5, 5.41) is 24.4. The zero-order chi connectivity index (χ0) is 34.7. The van der Waals surface area contributed by atoms with Crippen LogP contribution in [0.2, 0.25) is 0 Å². The lowest BCUT2D eigenvalue weighted by molar-refractivity contribution is -0.126. The van der Waals surface area contributed by atoms with Crippen LogP contribution in [0, 0.1) is 29.6 Å². The number of Topliss-reactive ketones (excluding diaryl/α,β-unsaturated/α-hetero) is 1. The number of aromatic nitrogens is 2. The number of ether oxygens (including phenoxy) is 1. The van der Waals surface area contributed by atoms with E-state index >= 15 is 0 Å². The molecule has 8 nitrogen and oxygen atoms in total. The van der Waals surface area contributed by atoms with Gasteiger partial charge in [0.1, 0.15) is 11.5 Å². The second kappa shape index (κ2) is 11.8. The fourth-order valence-corrected chi connectivity index (χ4v) is 12.2. The first kappa shape index (κ1) is 32.5. The third kappa shape index (κ3) is 4.28. The van der Waals surface area contributed by atoms with Crippen LogP contribution in [-0.2, 0) is 38.2 Å². The first-order valence-electron chi connectivity index (χ1n) is 18.8. The van der Waals surface area contributed by atoms with Crippen LogP contribution >= 0.6 is 0 Å². The van der Waals surface area contributed by atoms with Crippen molar-refractivity contribution in [2.75, 3.05) is 33.9 Å². The number of ketones is 1. The Hall–Kier alpha value is -3.43. The molecular formula is C42H52N4O4. The number of carbonyl (C=O) groups is 1. The van der Waals surface area contributed by atoms with Crippen molar-refractivity contribution in [1.82, 2.24) is 18.9 Å². The van der Waals surface area contributed by atoms with E-state index in [1.165, 1.54) is 49.9 Å². The SMILES string of the molecule is C/C=C1/CN2[C@H]3C[C@@H]1[C@@H](CO)[C@@H]2Cc1c3n(C)c2ccc(OC)c(C[C@@H](C(C)=O)[C@@H]3C[C@H]4c5c(c6ccccc6n5C)C[C@@H]([C@@H]3CO)N4C)c12. The molecule has 4 aromatic rings. The Morgan fingerprint density at radius 2 is 1.64 bits per heavy atom. The van der Waals surface area contributed by atoms with Crippen molar-refractivity contribution in [2.45, 2.75) is 70.1 Å². The number of aliphatic hydroxyl groups excluding tert-OH is 2. The number of hydrogen-bond donors (Lipinski definition) is 2. The van der Waals surface area contributed by atoms with Crippen LogP contribution in [0.5, 0.6) is 5.75 Å². The number of nitrogens with zero attached hydrogens (tertiary/aromatic N) is 4. The largest absolute Gasteiger partial charge is 0.496 e. The fraction of sp³-hybridized carbons (Fsp3) is 0.548. The van der Waals surface area contributed by atoms with Crippen LogP contribution in [0.1, 0.15) is 66.9 Å². The Bertz CT molecular complexity index is 2060. The molecule has 0 saturated carbocycles. The summed E-state index contributed by atoms with van der Waals surface area (Å²) < 4.78 is 10.9. The molecule has 1 unspecified atom stereocenters. The summed E-state index contributed by atoms with van der Waals surface area (Å²) in [5.74, 6) is 1.47. The molecule has 10 rings (SSSR count). The summed E-state index contributed by atoms with van der Waals surface area (Å²) in [5.41, 5.74) is 10.6. The van der Waals surface area contributed by atoms with E-state index in [-0.39, 0.29) is 54.8 Å². The van der Waals surface area contributed by atoms with Gasteiger partial charge in [-0.1, -0.05) is 29.8 Å². The van der Waals surface area contributed by atoms with Gasteiger partial charge in [-0.15, -0.1) is 0 Å². The molecule has 2 aromatic carbocycles. The van der Waals surface area contributed by atoms with Gasteiger partial charge in [0, 0.05) is 102 Å². The van der Waals surface area contributed by atoms with Gasteiger partial charge in [-0.25, -0.2) is 0 Å². The van der Waals surface area contributed by atoms with Crippen molar-refractivity contribution in [3.8, 4) is 5.75 Å². The summed E-state index contributed by atoms with van der Waals surface area (Å²) in [6, 6.07) is 14.0. The minimum Gasteiger partial charge on any atom is -0.496 e. The topological polar surface area (TPSA) is 83.1 Å². The molecule has 50 heavy (non-hydrogen) atoms. The quantitative estimate of drug-likeness (QED) is 0.252. The number of fused-ring (bicyclic) bond motifs is 10. The molecule has 6 bridgehead atoms. The number of benzene rings is 2. The van der Waals surface area contributed by atoms with Crippen LogP contribution in [0.25, 0.3) is 21.8 Å². The van der Waals surface area contributed by atoms with Gasteiger partial charge < -0.3 is 24.1 Å². The molecule has 8 heterocycles. The Labute approximate surface area is 295 Å². The number of rotatable bonds is 7. The molecule has 264 valence electrons. The predicted octanol–water partition coefficient (Wildman–Crippen LogP) is 5.51. The van der Waals surface area contributed by atoms with Crippen molar-refractivity contribution in [3.05, 3.63) is 76.1 Å². The van der Waals surface area contributed by atoms with Crippen LogP contribution in [0.15, 0.2) is 48.0 Å². The van der Waals surface area contributed by atoms with E-state index in [0.29, 0.717) is 24.4 Å². The smallest absolute Gasteiger partial charge is 0.133 e. The van der Waals surface area contributed by atoms with E-state index in [9.17, 15) is 15.0 Å². The molecule has 4 saturated heterocycles. The van der Waals surface area contributed by atoms with E-state index in [1.54, 1.807) is 14.0 Å². The van der Waals surface area contributed by atoms with E-state index in [1.807, 2.05) is 0 Å². The second-order valence-corrected chi connectivity index (χ2v) is 16.1. The molecule has 6 aliphatic rings. The zero-order valence-corrected chi connectivity index (χ0v) is 30.4. The highest BCUT2D eigenvalue weighted by atomic mass is 16.5. The number of aryl methyl sites for hydroxylation is 2. The van der Waals surface area contributed by atoms with Gasteiger partial charge >= 0.3 is 0 Å². The van der Waals surface area contributed by atoms with Gasteiger partial charge in [-0.3, -0.25) is 14.6 Å². The summed E-state index contributed by atoms with van der Waals surface area (Å²) >= 11 is 0. The summed E-state index contributed by atoms with van der Waals surface area (Å²) in [4.78, 5) is 19.1. The van der Waals surface area contributed by atoms with Crippen molar-refractivity contribution < 1.29 is 19.7 Å². The fourth-order valence-electron chi connectivity index (χ4n) is 12.2. The molecule has 0 radical (unpaired) electrons. The van der Waals surface area contributed by atoms with Crippen molar-refractivity contribution in [2.24, 2.45) is 43.7 Å². The first-order chi connectivity index (χ1) is 24.2. The van der Waals surface area contributed by atoms with E-state index in [0.717, 1.165) is 43.5 Å². The Morgan fingerprint density at radius 1 is 0.920 bits per heavy atom. The molecular weight excluding hydrogens is 624 g/mol. The van der Waals surface area contributed by atoms with E-state index in [4.69, 9.17) is 4.74 Å². The highest BCUT2D eigenvalue weighted by molar-refractivity contribution is 5.92. The zero-order valence-electron chi connectivity index (χ0n) is 30.4. The van der Waals surface area contributed by atoms with E-state index in [2.05, 4.69) is 89.5 Å². The normalized spacial score (nSPS) is 32.8.